The number of amides is 2. The fraction of sp³-hybridized carbons (Fsp3) is 0.273. The van der Waals surface area contributed by atoms with Crippen LogP contribution in [0.25, 0.3) is 11.4 Å². The van der Waals surface area contributed by atoms with Gasteiger partial charge in [0.15, 0.2) is 0 Å². The molecule has 2 amide bonds. The molecule has 2 aromatic carbocycles. The molecule has 1 aliphatic rings. The van der Waals surface area contributed by atoms with Crippen LogP contribution in [0.5, 0.6) is 0 Å². The number of nitrogens with zero attached hydrogens (tertiary/aromatic N) is 2. The number of hydrogen-bond acceptors (Lipinski definition) is 2. The Hall–Kier alpha value is -3.15. The van der Waals surface area contributed by atoms with Crippen LogP contribution in [0.3, 0.4) is 0 Å². The Morgan fingerprint density at radius 2 is 2.04 bits per heavy atom. The van der Waals surface area contributed by atoms with E-state index in [1.54, 1.807) is 18.2 Å². The number of imidazole rings is 1. The van der Waals surface area contributed by atoms with Gasteiger partial charge in [0.05, 0.1) is 0 Å². The summed E-state index contributed by atoms with van der Waals surface area (Å²) in [5, 5.41) is 5.62. The number of carbonyl (C=O) groups excluding carboxylic acids is 1. The van der Waals surface area contributed by atoms with Crippen molar-refractivity contribution in [3.8, 4) is 11.4 Å². The van der Waals surface area contributed by atoms with Gasteiger partial charge in [-0.25, -0.2) is 14.2 Å². The van der Waals surface area contributed by atoms with Gasteiger partial charge in [-0.15, -0.1) is 0 Å². The Kier molecular flexibility index (Phi) is 5.37. The van der Waals surface area contributed by atoms with Crippen LogP contribution in [0.2, 0.25) is 0 Å². The van der Waals surface area contributed by atoms with Gasteiger partial charge >= 0.3 is 6.03 Å². The number of nitrogens with one attached hydrogen (secondary N) is 2. The zero-order chi connectivity index (χ0) is 19.3. The zero-order valence-corrected chi connectivity index (χ0v) is 15.6. The smallest absolute Gasteiger partial charge is 0.319 e. The second-order valence-electron chi connectivity index (χ2n) is 6.99. The van der Waals surface area contributed by atoms with Gasteiger partial charge in [-0.05, 0) is 49.4 Å². The number of hydrogen-bond donors (Lipinski definition) is 2. The summed E-state index contributed by atoms with van der Waals surface area (Å²) in [5.74, 6) is 0.693. The molecule has 28 heavy (non-hydrogen) atoms. The van der Waals surface area contributed by atoms with Gasteiger partial charge in [-0.3, -0.25) is 0 Å². The third-order valence-corrected chi connectivity index (χ3v) is 5.02. The number of halogens is 1. The highest BCUT2D eigenvalue weighted by atomic mass is 19.1. The third kappa shape index (κ3) is 4.06. The molecule has 1 aliphatic heterocycles. The molecular formula is C22H23FN4O. The van der Waals surface area contributed by atoms with Crippen molar-refractivity contribution in [2.75, 3.05) is 11.9 Å². The van der Waals surface area contributed by atoms with Crippen molar-refractivity contribution >= 4 is 11.7 Å². The molecule has 5 nitrogen and oxygen atoms in total. The Morgan fingerprint density at radius 3 is 2.93 bits per heavy atom. The number of urea groups is 1. The predicted molar refractivity (Wildman–Crippen MR) is 108 cm³/mol. The molecular weight excluding hydrogens is 355 g/mol. The zero-order valence-electron chi connectivity index (χ0n) is 15.6. The molecule has 0 radical (unpaired) electrons. The van der Waals surface area contributed by atoms with Gasteiger partial charge in [0.1, 0.15) is 11.6 Å². The second kappa shape index (κ2) is 8.25. The molecule has 2 heterocycles. The van der Waals surface area contributed by atoms with E-state index in [2.05, 4.69) is 20.2 Å². The molecule has 144 valence electrons. The molecule has 0 unspecified atom stereocenters. The van der Waals surface area contributed by atoms with E-state index in [4.69, 9.17) is 0 Å². The lowest BCUT2D eigenvalue weighted by molar-refractivity contribution is 0.252. The van der Waals surface area contributed by atoms with E-state index in [-0.39, 0.29) is 11.8 Å². The summed E-state index contributed by atoms with van der Waals surface area (Å²) in [5.41, 5.74) is 3.55. The first-order valence-electron chi connectivity index (χ1n) is 9.64. The average Bonchev–Trinajstić information content (AvgIpc) is 3.14. The molecule has 0 atom stereocenters. The van der Waals surface area contributed by atoms with Crippen LogP contribution >= 0.6 is 0 Å². The number of anilines is 1. The number of fused-ring (bicyclic) bond motifs is 1. The molecule has 2 N–H and O–H groups in total. The highest BCUT2D eigenvalue weighted by Crippen LogP contribution is 2.26. The molecule has 6 heteroatoms. The van der Waals surface area contributed by atoms with E-state index in [1.165, 1.54) is 24.6 Å². The topological polar surface area (TPSA) is 59.0 Å². The lowest BCUT2D eigenvalue weighted by atomic mass is 10.1. The van der Waals surface area contributed by atoms with Gasteiger partial charge in [-0.1, -0.05) is 30.3 Å². The van der Waals surface area contributed by atoms with Crippen LogP contribution in [-0.4, -0.2) is 22.1 Å². The minimum Gasteiger partial charge on any atom is -0.338 e. The Bertz CT molecular complexity index is 982. The van der Waals surface area contributed by atoms with Crippen molar-refractivity contribution in [3.05, 3.63) is 71.8 Å². The van der Waals surface area contributed by atoms with Gasteiger partial charge in [0.25, 0.3) is 0 Å². The SMILES string of the molecule is O=C(NCCc1ccccc1F)Nc1cccc(-c2ncc3n2CCCC3)c1. The van der Waals surface area contributed by atoms with Crippen molar-refractivity contribution < 1.29 is 9.18 Å². The van der Waals surface area contributed by atoms with Gasteiger partial charge in [0, 0.05) is 36.2 Å². The van der Waals surface area contributed by atoms with Crippen molar-refractivity contribution in [3.63, 3.8) is 0 Å². The first-order chi connectivity index (χ1) is 13.7. The Labute approximate surface area is 163 Å². The van der Waals surface area contributed by atoms with Crippen LogP contribution < -0.4 is 10.6 Å². The van der Waals surface area contributed by atoms with Gasteiger partial charge in [0.2, 0.25) is 0 Å². The third-order valence-electron chi connectivity index (χ3n) is 5.02. The summed E-state index contributed by atoms with van der Waals surface area (Å²) in [4.78, 5) is 16.8. The van der Waals surface area contributed by atoms with Gasteiger partial charge < -0.3 is 15.2 Å². The van der Waals surface area contributed by atoms with E-state index >= 15 is 0 Å². The minimum absolute atomic E-state index is 0.250. The highest BCUT2D eigenvalue weighted by molar-refractivity contribution is 5.89. The second-order valence-corrected chi connectivity index (χ2v) is 6.99. The van der Waals surface area contributed by atoms with E-state index in [9.17, 15) is 9.18 Å². The van der Waals surface area contributed by atoms with Crippen molar-refractivity contribution in [2.45, 2.75) is 32.2 Å². The summed E-state index contributed by atoms with van der Waals surface area (Å²) in [6, 6.07) is 14.0. The fourth-order valence-corrected chi connectivity index (χ4v) is 3.59. The average molecular weight is 378 g/mol. The number of benzene rings is 2. The summed E-state index contributed by atoms with van der Waals surface area (Å²) in [7, 11) is 0. The Morgan fingerprint density at radius 1 is 1.14 bits per heavy atom. The van der Waals surface area contributed by atoms with E-state index in [1.807, 2.05) is 30.5 Å². The number of aryl methyl sites for hydroxylation is 1. The van der Waals surface area contributed by atoms with E-state index < -0.39 is 0 Å². The van der Waals surface area contributed by atoms with Crippen LogP contribution in [0.4, 0.5) is 14.9 Å². The largest absolute Gasteiger partial charge is 0.338 e. The number of carbonyl (C=O) groups is 1. The monoisotopic (exact) mass is 378 g/mol. The molecule has 0 saturated heterocycles. The number of aromatic nitrogens is 2. The molecule has 0 bridgehead atoms. The molecule has 0 saturated carbocycles. The Balaban J connectivity index is 1.37. The summed E-state index contributed by atoms with van der Waals surface area (Å²) in [6.07, 6.45) is 5.83. The fourth-order valence-electron chi connectivity index (χ4n) is 3.59. The summed E-state index contributed by atoms with van der Waals surface area (Å²) in [6.45, 7) is 1.35. The summed E-state index contributed by atoms with van der Waals surface area (Å²) < 4.78 is 15.9. The minimum atomic E-state index is -0.307. The molecule has 4 rings (SSSR count). The molecule has 0 spiro atoms. The molecule has 0 fully saturated rings. The maximum Gasteiger partial charge on any atom is 0.319 e. The predicted octanol–water partition coefficient (Wildman–Crippen LogP) is 4.39. The molecule has 3 aromatic rings. The van der Waals surface area contributed by atoms with E-state index in [0.29, 0.717) is 24.2 Å². The van der Waals surface area contributed by atoms with Crippen LogP contribution in [-0.2, 0) is 19.4 Å². The molecule has 1 aromatic heterocycles. The normalized spacial score (nSPS) is 13.0. The highest BCUT2D eigenvalue weighted by Gasteiger charge is 2.15. The maximum atomic E-state index is 13.6. The lowest BCUT2D eigenvalue weighted by Gasteiger charge is -2.17. The van der Waals surface area contributed by atoms with Crippen molar-refractivity contribution in [1.29, 1.82) is 0 Å². The summed E-state index contributed by atoms with van der Waals surface area (Å²) >= 11 is 0. The van der Waals surface area contributed by atoms with Crippen molar-refractivity contribution in [1.82, 2.24) is 14.9 Å². The first kappa shape index (κ1) is 18.2. The quantitative estimate of drug-likeness (QED) is 0.692. The number of rotatable bonds is 5. The maximum absolute atomic E-state index is 13.6. The standard InChI is InChI=1S/C22H23FN4O/c23-20-10-2-1-6-16(20)11-12-24-22(28)26-18-8-5-7-17(14-18)21-25-15-19-9-3-4-13-27(19)21/h1-2,5-8,10,14-15H,3-4,9,11-13H2,(H2,24,26,28). The van der Waals surface area contributed by atoms with Crippen LogP contribution in [0, 0.1) is 5.82 Å². The van der Waals surface area contributed by atoms with Crippen LogP contribution in [0.1, 0.15) is 24.1 Å². The van der Waals surface area contributed by atoms with Gasteiger partial charge in [-0.2, -0.15) is 0 Å². The van der Waals surface area contributed by atoms with Crippen LogP contribution in [0.15, 0.2) is 54.7 Å². The lowest BCUT2D eigenvalue weighted by Crippen LogP contribution is -2.30. The van der Waals surface area contributed by atoms with Crippen molar-refractivity contribution in [2.24, 2.45) is 0 Å². The molecule has 0 aliphatic carbocycles. The van der Waals surface area contributed by atoms with E-state index in [0.717, 1.165) is 24.4 Å². The first-order valence-corrected chi connectivity index (χ1v) is 9.64.